The van der Waals surface area contributed by atoms with E-state index in [-0.39, 0.29) is 5.78 Å². The molecule has 0 atom stereocenters. The fraction of sp³-hybridized carbons (Fsp3) is 0. The van der Waals surface area contributed by atoms with Crippen molar-refractivity contribution in [3.05, 3.63) is 205 Å². The van der Waals surface area contributed by atoms with Crippen molar-refractivity contribution in [2.45, 2.75) is 0 Å². The van der Waals surface area contributed by atoms with E-state index in [0.29, 0.717) is 39.7 Å². The average Bonchev–Trinajstić information content (AvgIpc) is 3.28. The van der Waals surface area contributed by atoms with Crippen molar-refractivity contribution in [3.63, 3.8) is 0 Å². The minimum absolute atomic E-state index is 0.127. The van der Waals surface area contributed by atoms with E-state index in [1.54, 1.807) is 6.07 Å². The van der Waals surface area contributed by atoms with Crippen LogP contribution in [-0.4, -0.2) is 26.2 Å². The van der Waals surface area contributed by atoms with Gasteiger partial charge in [0.2, 0.25) is 0 Å². The number of hydrogen-bond donors (Lipinski definition) is 0. The molecule has 0 bridgehead atoms. The van der Waals surface area contributed by atoms with E-state index >= 15 is 0 Å². The van der Waals surface area contributed by atoms with Gasteiger partial charge in [0.05, 0.1) is 23.0 Å². The Kier molecular flexibility index (Phi) is 8.92. The van der Waals surface area contributed by atoms with Gasteiger partial charge in [0.25, 0.3) is 0 Å². The topological polar surface area (TPSA) is 98.9 Å². The molecule has 7 aromatic carbocycles. The van der Waals surface area contributed by atoms with Crippen LogP contribution in [0.4, 0.5) is 23.0 Å². The number of rotatable bonds is 9. The van der Waals surface area contributed by atoms with Crippen molar-refractivity contribution in [2.24, 2.45) is 0 Å². The number of nitriles is 1. The van der Waals surface area contributed by atoms with Gasteiger partial charge in [-0.05, 0) is 30.3 Å². The molecule has 0 saturated carbocycles. The Hall–Kier alpha value is -8.02. The molecule has 0 N–H and O–H groups in total. The predicted molar refractivity (Wildman–Crippen MR) is 222 cm³/mol. The molecular formula is C48H31N7O. The van der Waals surface area contributed by atoms with Crippen molar-refractivity contribution < 1.29 is 4.79 Å². The molecule has 2 aromatic heterocycles. The molecule has 56 heavy (non-hydrogen) atoms. The van der Waals surface area contributed by atoms with E-state index < -0.39 is 0 Å². The highest BCUT2D eigenvalue weighted by Gasteiger charge is 2.30. The summed E-state index contributed by atoms with van der Waals surface area (Å²) < 4.78 is 0. The van der Waals surface area contributed by atoms with Crippen molar-refractivity contribution >= 4 is 50.3 Å². The lowest BCUT2D eigenvalue weighted by Gasteiger charge is -2.37. The predicted octanol–water partition coefficient (Wildman–Crippen LogP) is 10.9. The smallest absolute Gasteiger partial charge is 0.193 e. The zero-order valence-electron chi connectivity index (χ0n) is 29.9. The summed E-state index contributed by atoms with van der Waals surface area (Å²) in [5, 5.41) is 37.0. The van der Waals surface area contributed by atoms with Gasteiger partial charge in [-0.25, -0.2) is 10.0 Å². The lowest BCUT2D eigenvalue weighted by atomic mass is 10.0. The monoisotopic (exact) mass is 721 g/mol. The summed E-state index contributed by atoms with van der Waals surface area (Å²) >= 11 is 0. The maximum Gasteiger partial charge on any atom is 0.193 e. The van der Waals surface area contributed by atoms with E-state index in [9.17, 15) is 10.1 Å². The molecule has 0 aliphatic carbocycles. The van der Waals surface area contributed by atoms with Gasteiger partial charge in [0.1, 0.15) is 11.4 Å². The lowest BCUT2D eigenvalue weighted by Crippen LogP contribution is -2.38. The second-order valence-corrected chi connectivity index (χ2v) is 13.1. The zero-order valence-corrected chi connectivity index (χ0v) is 29.9. The van der Waals surface area contributed by atoms with Crippen LogP contribution in [-0.2, 0) is 0 Å². The first-order valence-corrected chi connectivity index (χ1v) is 18.1. The third kappa shape index (κ3) is 6.25. The van der Waals surface area contributed by atoms with Crippen molar-refractivity contribution in [2.75, 3.05) is 10.0 Å². The average molecular weight is 722 g/mol. The largest absolute Gasteiger partial charge is 0.289 e. The van der Waals surface area contributed by atoms with Gasteiger partial charge in [0, 0.05) is 43.8 Å². The summed E-state index contributed by atoms with van der Waals surface area (Å²) in [6.45, 7) is 0. The van der Waals surface area contributed by atoms with Gasteiger partial charge in [0.15, 0.2) is 17.4 Å². The Morgan fingerprint density at radius 2 is 0.857 bits per heavy atom. The molecule has 0 aliphatic rings. The molecule has 264 valence electrons. The molecule has 0 fully saturated rings. The Balaban J connectivity index is 1.35. The molecule has 0 aliphatic heterocycles. The maximum absolute atomic E-state index is 14.0. The van der Waals surface area contributed by atoms with Gasteiger partial charge in [-0.2, -0.15) is 5.26 Å². The Morgan fingerprint density at radius 1 is 0.429 bits per heavy atom. The first kappa shape index (κ1) is 33.8. The highest BCUT2D eigenvalue weighted by molar-refractivity contribution is 6.10. The number of anilines is 4. The second-order valence-electron chi connectivity index (χ2n) is 13.1. The number of benzene rings is 7. The van der Waals surface area contributed by atoms with Crippen molar-refractivity contribution in [1.29, 1.82) is 5.26 Å². The summed E-state index contributed by atoms with van der Waals surface area (Å²) in [5.74, 6) is 0.830. The quantitative estimate of drug-likeness (QED) is 0.107. The molecule has 0 amide bonds. The fourth-order valence-corrected chi connectivity index (χ4v) is 7.02. The molecule has 0 unspecified atom stereocenters. The normalized spacial score (nSPS) is 10.9. The Morgan fingerprint density at radius 3 is 1.38 bits per heavy atom. The first-order valence-electron chi connectivity index (χ1n) is 18.1. The van der Waals surface area contributed by atoms with Gasteiger partial charge >= 0.3 is 0 Å². The van der Waals surface area contributed by atoms with Crippen LogP contribution in [0.25, 0.3) is 44.1 Å². The molecule has 9 rings (SSSR count). The Labute approximate surface area is 323 Å². The number of ketones is 1. The molecule has 0 saturated heterocycles. The molecular weight excluding hydrogens is 691 g/mol. The van der Waals surface area contributed by atoms with Crippen LogP contribution >= 0.6 is 0 Å². The highest BCUT2D eigenvalue weighted by Crippen LogP contribution is 2.43. The first-order chi connectivity index (χ1) is 27.7. The van der Waals surface area contributed by atoms with Gasteiger partial charge in [-0.15, -0.1) is 20.4 Å². The number of carbonyl (C=O) groups is 1. The van der Waals surface area contributed by atoms with Crippen LogP contribution in [0.3, 0.4) is 0 Å². The van der Waals surface area contributed by atoms with Crippen LogP contribution in [0.2, 0.25) is 0 Å². The number of hydrazine groups is 1. The van der Waals surface area contributed by atoms with E-state index in [4.69, 9.17) is 20.4 Å². The standard InChI is InChI=1S/C48H31N7O/c49-32-33-16-14-24-38(30-33)54(47-42-28-12-10-26-40(42)44(50-52-47)34-17-4-1-5-18-34)55(39-25-15-23-37(31-39)46(56)36-21-8-3-9-22-36)48-43-29-13-11-27-41(43)45(51-53-48)35-19-6-2-7-20-35/h1-31H. The van der Waals surface area contributed by atoms with E-state index in [2.05, 4.69) is 6.07 Å². The highest BCUT2D eigenvalue weighted by atomic mass is 16.1. The van der Waals surface area contributed by atoms with Crippen LogP contribution in [0, 0.1) is 11.3 Å². The van der Waals surface area contributed by atoms with Crippen molar-refractivity contribution in [3.8, 4) is 28.6 Å². The SMILES string of the molecule is N#Cc1cccc(N(c2nnc(-c3ccccc3)c3ccccc23)N(c2cccc(C(=O)c3ccccc3)c2)c2nnc(-c3ccccc3)c3ccccc23)c1. The van der Waals surface area contributed by atoms with E-state index in [1.165, 1.54) is 0 Å². The van der Waals surface area contributed by atoms with Gasteiger partial charge in [-0.3, -0.25) is 4.79 Å². The number of fused-ring (bicyclic) bond motifs is 2. The number of carbonyl (C=O) groups excluding carboxylic acids is 1. The lowest BCUT2D eigenvalue weighted by molar-refractivity contribution is 0.103. The van der Waals surface area contributed by atoms with E-state index in [1.807, 2.05) is 192 Å². The van der Waals surface area contributed by atoms with Crippen LogP contribution in [0.5, 0.6) is 0 Å². The number of hydrogen-bond acceptors (Lipinski definition) is 8. The molecule has 0 spiro atoms. The third-order valence-electron chi connectivity index (χ3n) is 9.64. The van der Waals surface area contributed by atoms with Crippen molar-refractivity contribution in [1.82, 2.24) is 20.4 Å². The molecule has 8 nitrogen and oxygen atoms in total. The van der Waals surface area contributed by atoms with Gasteiger partial charge < -0.3 is 0 Å². The minimum atomic E-state index is -0.127. The molecule has 9 aromatic rings. The summed E-state index contributed by atoms with van der Waals surface area (Å²) in [6.07, 6.45) is 0. The number of aromatic nitrogens is 4. The zero-order chi connectivity index (χ0) is 37.8. The van der Waals surface area contributed by atoms with E-state index in [0.717, 1.165) is 44.1 Å². The number of nitrogens with zero attached hydrogens (tertiary/aromatic N) is 7. The third-order valence-corrected chi connectivity index (χ3v) is 9.64. The summed E-state index contributed by atoms with van der Waals surface area (Å²) in [7, 11) is 0. The van der Waals surface area contributed by atoms with Crippen LogP contribution < -0.4 is 10.0 Å². The Bertz CT molecular complexity index is 2910. The molecule has 8 heteroatoms. The maximum atomic E-state index is 14.0. The van der Waals surface area contributed by atoms with Crippen LogP contribution in [0.1, 0.15) is 21.5 Å². The van der Waals surface area contributed by atoms with Crippen LogP contribution in [0.15, 0.2) is 188 Å². The summed E-state index contributed by atoms with van der Waals surface area (Å²) in [6, 6.07) is 62.2. The fourth-order valence-electron chi connectivity index (χ4n) is 7.02. The van der Waals surface area contributed by atoms with Gasteiger partial charge in [-0.1, -0.05) is 158 Å². The second kappa shape index (κ2) is 14.8. The summed E-state index contributed by atoms with van der Waals surface area (Å²) in [4.78, 5) is 14.0. The molecule has 2 heterocycles. The summed E-state index contributed by atoms with van der Waals surface area (Å²) in [5.41, 5.74) is 6.05. The molecule has 0 radical (unpaired) electrons. The minimum Gasteiger partial charge on any atom is -0.289 e.